The Balaban J connectivity index is 0.00000121. The van der Waals surface area contributed by atoms with Crippen LogP contribution in [0, 0.1) is 0 Å². The number of rotatable bonds is 1. The molecule has 1 aliphatic heterocycles. The molecular weight excluding hydrogens is 231 g/mol. The van der Waals surface area contributed by atoms with Crippen LogP contribution in [0.15, 0.2) is 0 Å². The fourth-order valence-corrected chi connectivity index (χ4v) is 1.03. The summed E-state index contributed by atoms with van der Waals surface area (Å²) in [6, 6.07) is 0. The topological polar surface area (TPSA) is 90.2 Å². The third kappa shape index (κ3) is 2.40. The summed E-state index contributed by atoms with van der Waals surface area (Å²) in [5, 5.41) is 35.7. The van der Waals surface area contributed by atoms with E-state index in [2.05, 4.69) is 0 Å². The van der Waals surface area contributed by atoms with Crippen LogP contribution in [0.1, 0.15) is 0 Å². The van der Waals surface area contributed by atoms with E-state index < -0.39 is 24.4 Å². The monoisotopic (exact) mass is 246 g/mol. The van der Waals surface area contributed by atoms with E-state index in [9.17, 15) is 0 Å². The van der Waals surface area contributed by atoms with Crippen LogP contribution in [-0.4, -0.2) is 75.1 Å². The van der Waals surface area contributed by atoms with Gasteiger partial charge in [-0.25, -0.2) is 0 Å². The second-order valence-electron chi connectivity index (χ2n) is 2.60. The van der Waals surface area contributed by atoms with Crippen molar-refractivity contribution in [2.75, 3.05) is 13.2 Å². The SMILES string of the molecule is OC[C@H]1OC[C@H](O)[C@@H](O)[C@@H]1O.[SeH2]. The van der Waals surface area contributed by atoms with Crippen LogP contribution in [0.3, 0.4) is 0 Å². The van der Waals surface area contributed by atoms with Gasteiger partial charge in [0.05, 0.1) is 13.2 Å². The van der Waals surface area contributed by atoms with E-state index >= 15 is 0 Å². The Morgan fingerprint density at radius 1 is 1.17 bits per heavy atom. The Hall–Kier alpha value is 0.319. The van der Waals surface area contributed by atoms with Crippen molar-refractivity contribution in [1.29, 1.82) is 0 Å². The molecule has 0 amide bonds. The fourth-order valence-electron chi connectivity index (χ4n) is 1.03. The minimum absolute atomic E-state index is 0. The van der Waals surface area contributed by atoms with Crippen LogP contribution in [0.25, 0.3) is 0 Å². The molecule has 1 fully saturated rings. The Morgan fingerprint density at radius 3 is 2.25 bits per heavy atom. The molecule has 0 spiro atoms. The average molecular weight is 245 g/mol. The van der Waals surface area contributed by atoms with Crippen LogP contribution >= 0.6 is 0 Å². The molecule has 0 radical (unpaired) electrons. The van der Waals surface area contributed by atoms with Gasteiger partial charge < -0.3 is 25.2 Å². The third-order valence-corrected chi connectivity index (χ3v) is 1.79. The predicted octanol–water partition coefficient (Wildman–Crippen LogP) is -3.46. The molecule has 6 heteroatoms. The summed E-state index contributed by atoms with van der Waals surface area (Å²) in [6.45, 7) is -0.408. The number of ether oxygens (including phenoxy) is 1. The zero-order chi connectivity index (χ0) is 8.43. The van der Waals surface area contributed by atoms with Gasteiger partial charge in [0.2, 0.25) is 0 Å². The second-order valence-corrected chi connectivity index (χ2v) is 2.60. The molecule has 74 valence electrons. The summed E-state index contributed by atoms with van der Waals surface area (Å²) in [6.07, 6.45) is -4.27. The van der Waals surface area contributed by atoms with E-state index in [-0.39, 0.29) is 30.3 Å². The van der Waals surface area contributed by atoms with E-state index in [1.807, 2.05) is 0 Å². The number of aliphatic hydroxyl groups is 4. The van der Waals surface area contributed by atoms with Crippen LogP contribution in [0.2, 0.25) is 0 Å². The van der Waals surface area contributed by atoms with E-state index in [0.717, 1.165) is 0 Å². The fraction of sp³-hybridized carbons (Fsp3) is 1.00. The normalized spacial score (nSPS) is 42.0. The van der Waals surface area contributed by atoms with Crippen molar-refractivity contribution in [1.82, 2.24) is 0 Å². The van der Waals surface area contributed by atoms with E-state index in [0.29, 0.717) is 0 Å². The van der Waals surface area contributed by atoms with Gasteiger partial charge in [0.1, 0.15) is 24.4 Å². The van der Waals surface area contributed by atoms with Gasteiger partial charge in [-0.15, -0.1) is 0 Å². The van der Waals surface area contributed by atoms with Crippen LogP contribution in [0.5, 0.6) is 0 Å². The molecular formula is C6H14O5Se. The first kappa shape index (κ1) is 12.3. The Kier molecular flexibility index (Phi) is 5.27. The van der Waals surface area contributed by atoms with Gasteiger partial charge in [-0.3, -0.25) is 0 Å². The van der Waals surface area contributed by atoms with Gasteiger partial charge in [-0.05, 0) is 0 Å². The van der Waals surface area contributed by atoms with Gasteiger partial charge in [0.15, 0.2) is 0 Å². The van der Waals surface area contributed by atoms with Crippen LogP contribution in [-0.2, 0) is 4.74 Å². The summed E-state index contributed by atoms with van der Waals surface area (Å²) in [7, 11) is 0. The Bertz CT molecular complexity index is 131. The standard InChI is InChI=1S/C6H12O5.H2Se/c7-1-4-6(10)5(9)3(8)2-11-4;/h3-10H,1-2H2;1H2/t3-,4+,5+,6+;/m0./s1. The summed E-state index contributed by atoms with van der Waals surface area (Å²) < 4.78 is 4.81. The molecule has 0 bridgehead atoms. The van der Waals surface area contributed by atoms with Gasteiger partial charge >= 0.3 is 17.1 Å². The zero-order valence-electron chi connectivity index (χ0n) is 6.42. The van der Waals surface area contributed by atoms with Gasteiger partial charge in [0.25, 0.3) is 0 Å². The molecule has 0 unspecified atom stereocenters. The zero-order valence-corrected chi connectivity index (χ0v) is 8.52. The first-order valence-corrected chi connectivity index (χ1v) is 3.43. The Morgan fingerprint density at radius 2 is 1.75 bits per heavy atom. The molecule has 0 aromatic heterocycles. The molecule has 4 atom stereocenters. The molecule has 1 saturated heterocycles. The van der Waals surface area contributed by atoms with Crippen molar-refractivity contribution >= 4 is 17.1 Å². The van der Waals surface area contributed by atoms with Gasteiger partial charge in [-0.1, -0.05) is 0 Å². The molecule has 5 nitrogen and oxygen atoms in total. The average Bonchev–Trinajstić information content (AvgIpc) is 2.01. The van der Waals surface area contributed by atoms with Crippen molar-refractivity contribution in [3.05, 3.63) is 0 Å². The summed E-state index contributed by atoms with van der Waals surface area (Å²) in [4.78, 5) is 0. The van der Waals surface area contributed by atoms with E-state index in [1.165, 1.54) is 0 Å². The first-order chi connectivity index (χ1) is 5.16. The predicted molar refractivity (Wildman–Crippen MR) is 43.4 cm³/mol. The molecule has 0 saturated carbocycles. The second kappa shape index (κ2) is 5.14. The van der Waals surface area contributed by atoms with Crippen molar-refractivity contribution in [2.45, 2.75) is 24.4 Å². The molecule has 12 heavy (non-hydrogen) atoms. The third-order valence-electron chi connectivity index (χ3n) is 1.79. The maximum absolute atomic E-state index is 9.11. The number of hydrogen-bond acceptors (Lipinski definition) is 5. The maximum atomic E-state index is 9.11. The first-order valence-electron chi connectivity index (χ1n) is 3.43. The van der Waals surface area contributed by atoms with Gasteiger partial charge in [-0.2, -0.15) is 0 Å². The number of hydrogen-bond donors (Lipinski definition) is 4. The van der Waals surface area contributed by atoms with Crippen molar-refractivity contribution < 1.29 is 25.2 Å². The van der Waals surface area contributed by atoms with Crippen LogP contribution in [0.4, 0.5) is 0 Å². The minimum atomic E-state index is -1.22. The summed E-state index contributed by atoms with van der Waals surface area (Å²) in [5.74, 6) is 0. The molecule has 1 rings (SSSR count). The Labute approximate surface area is 80.4 Å². The van der Waals surface area contributed by atoms with E-state index in [4.69, 9.17) is 25.2 Å². The van der Waals surface area contributed by atoms with Crippen molar-refractivity contribution in [3.8, 4) is 0 Å². The molecule has 0 aromatic carbocycles. The van der Waals surface area contributed by atoms with Crippen molar-refractivity contribution in [3.63, 3.8) is 0 Å². The molecule has 1 aliphatic rings. The van der Waals surface area contributed by atoms with Gasteiger partial charge in [0, 0.05) is 0 Å². The molecule has 0 aromatic rings. The molecule has 0 aliphatic carbocycles. The summed E-state index contributed by atoms with van der Waals surface area (Å²) in [5.41, 5.74) is 0. The molecule has 1 heterocycles. The molecule has 4 N–H and O–H groups in total. The van der Waals surface area contributed by atoms with E-state index in [1.54, 1.807) is 0 Å². The van der Waals surface area contributed by atoms with Crippen LogP contribution < -0.4 is 0 Å². The summed E-state index contributed by atoms with van der Waals surface area (Å²) >= 11 is 0. The quantitative estimate of drug-likeness (QED) is 0.361. The number of aliphatic hydroxyl groups excluding tert-OH is 4. The van der Waals surface area contributed by atoms with Crippen molar-refractivity contribution in [2.24, 2.45) is 0 Å².